The molecule has 0 radical (unpaired) electrons. The van der Waals surface area contributed by atoms with Crippen molar-refractivity contribution in [3.05, 3.63) is 27.4 Å². The molecule has 0 unspecified atom stereocenters. The van der Waals surface area contributed by atoms with E-state index in [-0.39, 0.29) is 5.56 Å². The van der Waals surface area contributed by atoms with E-state index in [1.807, 2.05) is 0 Å². The summed E-state index contributed by atoms with van der Waals surface area (Å²) in [6.45, 7) is 0. The van der Waals surface area contributed by atoms with Gasteiger partial charge in [0.05, 0.1) is 13.5 Å². The fourth-order valence-electron chi connectivity index (χ4n) is 1.24. The standard InChI is InChI=1S/C9H8F2N2O5/c1-18-6(15)3-4-2-5(14)9(13(16)17)12-7(4)8(10)11/h2,8,14H,3H2,1H3. The van der Waals surface area contributed by atoms with E-state index in [1.54, 1.807) is 0 Å². The van der Waals surface area contributed by atoms with E-state index < -0.39 is 41.0 Å². The van der Waals surface area contributed by atoms with Gasteiger partial charge >= 0.3 is 18.2 Å². The van der Waals surface area contributed by atoms with E-state index in [2.05, 4.69) is 9.72 Å². The normalized spacial score (nSPS) is 10.4. The van der Waals surface area contributed by atoms with E-state index in [0.29, 0.717) is 6.07 Å². The molecule has 0 aliphatic heterocycles. The van der Waals surface area contributed by atoms with E-state index in [4.69, 9.17) is 0 Å². The maximum atomic E-state index is 12.6. The Morgan fingerprint density at radius 1 is 1.67 bits per heavy atom. The number of rotatable bonds is 4. The molecule has 0 saturated heterocycles. The fraction of sp³-hybridized carbons (Fsp3) is 0.333. The van der Waals surface area contributed by atoms with Gasteiger partial charge in [0, 0.05) is 5.56 Å². The average Bonchev–Trinajstić information content (AvgIpc) is 2.27. The Labute approximate surface area is 99.2 Å². The van der Waals surface area contributed by atoms with Crippen molar-refractivity contribution >= 4 is 11.8 Å². The Hall–Kier alpha value is -2.32. The van der Waals surface area contributed by atoms with Gasteiger partial charge in [0.2, 0.25) is 11.4 Å². The number of carbonyl (C=O) groups excluding carboxylic acids is 1. The summed E-state index contributed by atoms with van der Waals surface area (Å²) < 4.78 is 29.6. The quantitative estimate of drug-likeness (QED) is 0.499. The van der Waals surface area contributed by atoms with Crippen LogP contribution in [0.5, 0.6) is 5.75 Å². The number of halogens is 2. The summed E-state index contributed by atoms with van der Waals surface area (Å²) in [5.41, 5.74) is -1.25. The number of methoxy groups -OCH3 is 1. The summed E-state index contributed by atoms with van der Waals surface area (Å²) in [6, 6.07) is 0.712. The van der Waals surface area contributed by atoms with Crippen LogP contribution >= 0.6 is 0 Å². The SMILES string of the molecule is COC(=O)Cc1cc(O)c([N+](=O)[O-])nc1C(F)F. The van der Waals surface area contributed by atoms with E-state index in [0.717, 1.165) is 7.11 Å². The molecular formula is C9H8F2N2O5. The first-order valence-corrected chi connectivity index (χ1v) is 4.59. The number of pyridine rings is 1. The van der Waals surface area contributed by atoms with Crippen LogP contribution in [0.1, 0.15) is 17.7 Å². The van der Waals surface area contributed by atoms with Crippen molar-refractivity contribution in [3.8, 4) is 5.75 Å². The first-order valence-electron chi connectivity index (χ1n) is 4.59. The molecule has 0 atom stereocenters. The Morgan fingerprint density at radius 2 is 2.28 bits per heavy atom. The lowest BCUT2D eigenvalue weighted by molar-refractivity contribution is -0.390. The second kappa shape index (κ2) is 5.34. The number of aromatic hydroxyl groups is 1. The summed E-state index contributed by atoms with van der Waals surface area (Å²) in [6.07, 6.45) is -3.67. The van der Waals surface area contributed by atoms with Crippen molar-refractivity contribution in [2.24, 2.45) is 0 Å². The molecule has 0 aromatic carbocycles. The summed E-state index contributed by atoms with van der Waals surface area (Å²) in [5.74, 6) is -2.80. The molecule has 1 N–H and O–H groups in total. The Balaban J connectivity index is 3.29. The summed E-state index contributed by atoms with van der Waals surface area (Å²) >= 11 is 0. The molecule has 0 amide bonds. The monoisotopic (exact) mass is 262 g/mol. The number of nitrogens with zero attached hydrogens (tertiary/aromatic N) is 2. The molecule has 0 spiro atoms. The Kier molecular flexibility index (Phi) is 4.08. The molecule has 1 rings (SSSR count). The summed E-state index contributed by atoms with van der Waals surface area (Å²) in [7, 11) is 1.06. The van der Waals surface area contributed by atoms with Crippen LogP contribution in [0, 0.1) is 10.1 Å². The van der Waals surface area contributed by atoms with Gasteiger partial charge in [0.15, 0.2) is 0 Å². The second-order valence-corrected chi connectivity index (χ2v) is 3.19. The van der Waals surface area contributed by atoms with Crippen LogP contribution < -0.4 is 0 Å². The highest BCUT2D eigenvalue weighted by Gasteiger charge is 2.28. The van der Waals surface area contributed by atoms with Gasteiger partial charge in [-0.1, -0.05) is 0 Å². The highest BCUT2D eigenvalue weighted by atomic mass is 19.3. The highest BCUT2D eigenvalue weighted by molar-refractivity contribution is 5.73. The van der Waals surface area contributed by atoms with Gasteiger partial charge in [0.25, 0.3) is 0 Å². The zero-order valence-corrected chi connectivity index (χ0v) is 9.09. The molecule has 0 fully saturated rings. The van der Waals surface area contributed by atoms with Crippen molar-refractivity contribution in [3.63, 3.8) is 0 Å². The van der Waals surface area contributed by atoms with Crippen LogP contribution in [0.25, 0.3) is 0 Å². The lowest BCUT2D eigenvalue weighted by atomic mass is 10.1. The van der Waals surface area contributed by atoms with Gasteiger partial charge in [-0.05, 0) is 16.0 Å². The van der Waals surface area contributed by atoms with Gasteiger partial charge in [-0.2, -0.15) is 0 Å². The minimum Gasteiger partial charge on any atom is -0.501 e. The molecule has 7 nitrogen and oxygen atoms in total. The van der Waals surface area contributed by atoms with Gasteiger partial charge in [-0.15, -0.1) is 0 Å². The third-order valence-electron chi connectivity index (χ3n) is 2.04. The predicted molar refractivity (Wildman–Crippen MR) is 53.2 cm³/mol. The molecule has 98 valence electrons. The molecule has 0 aliphatic rings. The second-order valence-electron chi connectivity index (χ2n) is 3.19. The van der Waals surface area contributed by atoms with Crippen LogP contribution in [0.3, 0.4) is 0 Å². The lowest BCUT2D eigenvalue weighted by Crippen LogP contribution is -2.09. The third kappa shape index (κ3) is 2.87. The Bertz CT molecular complexity index is 492. The lowest BCUT2D eigenvalue weighted by Gasteiger charge is -2.05. The first kappa shape index (κ1) is 13.7. The van der Waals surface area contributed by atoms with Gasteiger partial charge in [0.1, 0.15) is 0 Å². The highest BCUT2D eigenvalue weighted by Crippen LogP contribution is 2.31. The summed E-state index contributed by atoms with van der Waals surface area (Å²) in [4.78, 5) is 23.4. The minimum absolute atomic E-state index is 0.319. The smallest absolute Gasteiger partial charge is 0.406 e. The number of aromatic nitrogens is 1. The van der Waals surface area contributed by atoms with E-state index in [9.17, 15) is 28.8 Å². The number of esters is 1. The molecule has 9 heteroatoms. The van der Waals surface area contributed by atoms with E-state index in [1.165, 1.54) is 0 Å². The topological polar surface area (TPSA) is 103 Å². The Morgan fingerprint density at radius 3 is 2.72 bits per heavy atom. The number of hydrogen-bond acceptors (Lipinski definition) is 6. The zero-order chi connectivity index (χ0) is 13.9. The largest absolute Gasteiger partial charge is 0.501 e. The van der Waals surface area contributed by atoms with Crippen molar-refractivity contribution in [2.45, 2.75) is 12.8 Å². The zero-order valence-electron chi connectivity index (χ0n) is 9.09. The van der Waals surface area contributed by atoms with Crippen LogP contribution in [0.2, 0.25) is 0 Å². The number of ether oxygens (including phenoxy) is 1. The molecule has 1 aromatic rings. The molecule has 0 bridgehead atoms. The first-order chi connectivity index (χ1) is 8.36. The summed E-state index contributed by atoms with van der Waals surface area (Å²) in [5, 5.41) is 19.7. The third-order valence-corrected chi connectivity index (χ3v) is 2.04. The van der Waals surface area contributed by atoms with Gasteiger partial charge < -0.3 is 20.0 Å². The fourth-order valence-corrected chi connectivity index (χ4v) is 1.24. The molecule has 1 aromatic heterocycles. The van der Waals surface area contributed by atoms with Gasteiger partial charge in [-0.3, -0.25) is 4.79 Å². The number of carbonyl (C=O) groups is 1. The average molecular weight is 262 g/mol. The molecule has 1 heterocycles. The number of alkyl halides is 2. The van der Waals surface area contributed by atoms with Crippen molar-refractivity contribution in [1.82, 2.24) is 4.98 Å². The number of hydrogen-bond donors (Lipinski definition) is 1. The van der Waals surface area contributed by atoms with E-state index >= 15 is 0 Å². The molecule has 18 heavy (non-hydrogen) atoms. The maximum Gasteiger partial charge on any atom is 0.406 e. The molecule has 0 saturated carbocycles. The minimum atomic E-state index is -3.11. The molecular weight excluding hydrogens is 254 g/mol. The molecule has 0 aliphatic carbocycles. The van der Waals surface area contributed by atoms with Crippen LogP contribution in [-0.2, 0) is 16.0 Å². The van der Waals surface area contributed by atoms with Gasteiger partial charge in [-0.25, -0.2) is 8.78 Å². The number of nitro groups is 1. The van der Waals surface area contributed by atoms with Crippen LogP contribution in [0.15, 0.2) is 6.07 Å². The van der Waals surface area contributed by atoms with Crippen LogP contribution in [-0.4, -0.2) is 28.1 Å². The van der Waals surface area contributed by atoms with Crippen molar-refractivity contribution in [2.75, 3.05) is 7.11 Å². The predicted octanol–water partition coefficient (Wildman–Crippen LogP) is 1.35. The maximum absolute atomic E-state index is 12.6. The van der Waals surface area contributed by atoms with Crippen molar-refractivity contribution < 1.29 is 28.3 Å². The van der Waals surface area contributed by atoms with Crippen molar-refractivity contribution in [1.29, 1.82) is 0 Å². The van der Waals surface area contributed by atoms with Crippen LogP contribution in [0.4, 0.5) is 14.6 Å².